The summed E-state index contributed by atoms with van der Waals surface area (Å²) in [7, 11) is 2.43. The summed E-state index contributed by atoms with van der Waals surface area (Å²) in [6.45, 7) is 5.86. The lowest BCUT2D eigenvalue weighted by atomic mass is 10.2. The van der Waals surface area contributed by atoms with Gasteiger partial charge in [0, 0.05) is 0 Å². The summed E-state index contributed by atoms with van der Waals surface area (Å²) in [5.41, 5.74) is 0. The predicted octanol–water partition coefficient (Wildman–Crippen LogP) is 1.20. The molecular formula is C6H13O2P. The van der Waals surface area contributed by atoms with E-state index in [0.717, 1.165) is 0 Å². The van der Waals surface area contributed by atoms with Crippen LogP contribution in [0.2, 0.25) is 0 Å². The Kier molecular flexibility index (Phi) is 3.13. The summed E-state index contributed by atoms with van der Waals surface area (Å²) < 4.78 is 4.75. The molecule has 0 spiro atoms. The normalized spacial score (nSPS) is 11.1. The number of esters is 1. The van der Waals surface area contributed by atoms with Crippen LogP contribution in [0.1, 0.15) is 20.8 Å². The van der Waals surface area contributed by atoms with E-state index in [1.165, 1.54) is 0 Å². The first kappa shape index (κ1) is 8.90. The van der Waals surface area contributed by atoms with Crippen LogP contribution in [0.25, 0.3) is 0 Å². The van der Waals surface area contributed by atoms with E-state index in [9.17, 15) is 4.79 Å². The Balaban J connectivity index is 3.74. The van der Waals surface area contributed by atoms with Crippen LogP contribution < -0.4 is 0 Å². The van der Waals surface area contributed by atoms with Crippen molar-refractivity contribution in [1.82, 2.24) is 0 Å². The third-order valence-corrected chi connectivity index (χ3v) is 1.04. The van der Waals surface area contributed by atoms with E-state index < -0.39 is 5.16 Å². The van der Waals surface area contributed by atoms with Crippen LogP contribution in [0, 0.1) is 0 Å². The number of rotatable bonds is 2. The molecule has 54 valence electrons. The van der Waals surface area contributed by atoms with Crippen LogP contribution in [-0.4, -0.2) is 17.7 Å². The molecule has 0 bridgehead atoms. The van der Waals surface area contributed by atoms with Gasteiger partial charge in [-0.1, -0.05) is 0 Å². The van der Waals surface area contributed by atoms with Gasteiger partial charge in [0.2, 0.25) is 0 Å². The second-order valence-corrected chi connectivity index (χ2v) is 3.89. The fourth-order valence-corrected chi connectivity index (χ4v) is 0.400. The van der Waals surface area contributed by atoms with Gasteiger partial charge in [-0.15, -0.1) is 9.24 Å². The molecule has 1 atom stereocenters. The van der Waals surface area contributed by atoms with Gasteiger partial charge in [0.1, 0.15) is 0 Å². The average Bonchev–Trinajstić information content (AvgIpc) is 1.64. The van der Waals surface area contributed by atoms with Gasteiger partial charge in [0.15, 0.2) is 0 Å². The zero-order valence-electron chi connectivity index (χ0n) is 6.10. The first-order chi connectivity index (χ1) is 3.98. The van der Waals surface area contributed by atoms with Crippen LogP contribution >= 0.6 is 9.24 Å². The molecule has 0 amide bonds. The minimum absolute atomic E-state index is 0.171. The highest BCUT2D eigenvalue weighted by molar-refractivity contribution is 7.20. The molecule has 0 aliphatic rings. The molecule has 9 heavy (non-hydrogen) atoms. The van der Waals surface area contributed by atoms with Gasteiger partial charge in [-0.05, 0) is 20.8 Å². The maximum absolute atomic E-state index is 10.8. The second kappa shape index (κ2) is 3.17. The summed E-state index contributed by atoms with van der Waals surface area (Å²) in [5, 5.41) is -0.435. The molecule has 0 saturated heterocycles. The molecule has 0 aliphatic heterocycles. The van der Waals surface area contributed by atoms with E-state index in [1.54, 1.807) is 20.8 Å². The lowest BCUT2D eigenvalue weighted by Crippen LogP contribution is -2.26. The molecule has 0 aromatic carbocycles. The Morgan fingerprint density at radius 2 is 2.11 bits per heavy atom. The molecule has 0 N–H and O–H groups in total. The minimum atomic E-state index is -0.435. The van der Waals surface area contributed by atoms with Gasteiger partial charge in [0.25, 0.3) is 0 Å². The average molecular weight is 148 g/mol. The zero-order valence-corrected chi connectivity index (χ0v) is 7.26. The highest BCUT2D eigenvalue weighted by Crippen LogP contribution is 2.17. The van der Waals surface area contributed by atoms with Gasteiger partial charge < -0.3 is 4.74 Å². The van der Waals surface area contributed by atoms with Crippen molar-refractivity contribution in [2.45, 2.75) is 25.9 Å². The molecule has 0 aromatic heterocycles. The lowest BCUT2D eigenvalue weighted by Gasteiger charge is -2.14. The standard InChI is InChI=1S/C6H13O2P/c1-4-8-5(7)6(2,3)9/h4,9H2,1-3H3. The van der Waals surface area contributed by atoms with E-state index in [0.29, 0.717) is 6.61 Å². The Labute approximate surface area is 58.2 Å². The van der Waals surface area contributed by atoms with Crippen LogP contribution in [0.15, 0.2) is 0 Å². The summed E-state index contributed by atoms with van der Waals surface area (Å²) in [6, 6.07) is 0. The molecule has 3 heteroatoms. The molecule has 0 rings (SSSR count). The maximum Gasteiger partial charge on any atom is 0.315 e. The Morgan fingerprint density at radius 1 is 1.67 bits per heavy atom. The van der Waals surface area contributed by atoms with Gasteiger partial charge in [-0.25, -0.2) is 0 Å². The molecule has 2 nitrogen and oxygen atoms in total. The fourth-order valence-electron chi connectivity index (χ4n) is 0.317. The molecule has 0 aliphatic carbocycles. The minimum Gasteiger partial charge on any atom is -0.465 e. The van der Waals surface area contributed by atoms with E-state index in [4.69, 9.17) is 4.74 Å². The summed E-state index contributed by atoms with van der Waals surface area (Å²) in [6.07, 6.45) is 0. The van der Waals surface area contributed by atoms with Crippen molar-refractivity contribution in [1.29, 1.82) is 0 Å². The largest absolute Gasteiger partial charge is 0.465 e. The van der Waals surface area contributed by atoms with E-state index in [-0.39, 0.29) is 5.97 Å². The predicted molar refractivity (Wildman–Crippen MR) is 40.4 cm³/mol. The van der Waals surface area contributed by atoms with E-state index in [2.05, 4.69) is 9.24 Å². The first-order valence-corrected chi connectivity index (χ1v) is 3.52. The molecule has 0 fully saturated rings. The van der Waals surface area contributed by atoms with Crippen LogP contribution in [0.4, 0.5) is 0 Å². The van der Waals surface area contributed by atoms with Gasteiger partial charge in [0.05, 0.1) is 11.8 Å². The van der Waals surface area contributed by atoms with Crippen molar-refractivity contribution < 1.29 is 9.53 Å². The molecular weight excluding hydrogens is 135 g/mol. The Hall–Kier alpha value is -0.100. The molecule has 0 saturated carbocycles. The molecule has 1 unspecified atom stereocenters. The topological polar surface area (TPSA) is 26.3 Å². The van der Waals surface area contributed by atoms with Gasteiger partial charge in [-0.2, -0.15) is 0 Å². The quantitative estimate of drug-likeness (QED) is 0.434. The monoisotopic (exact) mass is 148 g/mol. The van der Waals surface area contributed by atoms with Crippen molar-refractivity contribution in [3.05, 3.63) is 0 Å². The van der Waals surface area contributed by atoms with Gasteiger partial charge in [-0.3, -0.25) is 4.79 Å². The number of carbonyl (C=O) groups excluding carboxylic acids is 1. The van der Waals surface area contributed by atoms with Crippen LogP contribution in [-0.2, 0) is 9.53 Å². The second-order valence-electron chi connectivity index (χ2n) is 2.44. The molecule has 0 heterocycles. The Bertz CT molecular complexity index is 104. The van der Waals surface area contributed by atoms with Crippen LogP contribution in [0.5, 0.6) is 0 Å². The van der Waals surface area contributed by atoms with Crippen molar-refractivity contribution in [3.8, 4) is 0 Å². The number of carbonyl (C=O) groups is 1. The van der Waals surface area contributed by atoms with Gasteiger partial charge >= 0.3 is 5.97 Å². The van der Waals surface area contributed by atoms with Crippen molar-refractivity contribution in [2.24, 2.45) is 0 Å². The Morgan fingerprint density at radius 3 is 2.22 bits per heavy atom. The smallest absolute Gasteiger partial charge is 0.315 e. The summed E-state index contributed by atoms with van der Waals surface area (Å²) in [4.78, 5) is 10.8. The fraction of sp³-hybridized carbons (Fsp3) is 0.833. The third-order valence-electron chi connectivity index (χ3n) is 0.802. The summed E-state index contributed by atoms with van der Waals surface area (Å²) in [5.74, 6) is -0.171. The van der Waals surface area contributed by atoms with Crippen molar-refractivity contribution >= 4 is 15.2 Å². The lowest BCUT2D eigenvalue weighted by molar-refractivity contribution is -0.145. The number of hydrogen-bond acceptors (Lipinski definition) is 2. The molecule has 0 radical (unpaired) electrons. The first-order valence-electron chi connectivity index (χ1n) is 2.94. The van der Waals surface area contributed by atoms with Crippen molar-refractivity contribution in [2.75, 3.05) is 6.61 Å². The highest BCUT2D eigenvalue weighted by Gasteiger charge is 2.22. The zero-order chi connectivity index (χ0) is 7.49. The van der Waals surface area contributed by atoms with E-state index >= 15 is 0 Å². The van der Waals surface area contributed by atoms with E-state index in [1.807, 2.05) is 0 Å². The SMILES string of the molecule is CCOC(=O)C(C)(C)P. The number of ether oxygens (including phenoxy) is 1. The summed E-state index contributed by atoms with van der Waals surface area (Å²) >= 11 is 0. The maximum atomic E-state index is 10.8. The van der Waals surface area contributed by atoms with Crippen molar-refractivity contribution in [3.63, 3.8) is 0 Å². The van der Waals surface area contributed by atoms with Crippen LogP contribution in [0.3, 0.4) is 0 Å². The molecule has 0 aromatic rings. The highest BCUT2D eigenvalue weighted by atomic mass is 31.0. The third kappa shape index (κ3) is 3.47. The number of hydrogen-bond donors (Lipinski definition) is 0.